The van der Waals surface area contributed by atoms with Crippen molar-refractivity contribution in [2.24, 2.45) is 5.92 Å². The molecule has 0 aliphatic heterocycles. The maximum Gasteiger partial charge on any atom is 0.240 e. The van der Waals surface area contributed by atoms with Crippen LogP contribution in [-0.2, 0) is 29.1 Å². The van der Waals surface area contributed by atoms with Gasteiger partial charge in [-0.2, -0.15) is 0 Å². The molecule has 28 heavy (non-hydrogen) atoms. The van der Waals surface area contributed by atoms with E-state index in [9.17, 15) is 9.59 Å². The van der Waals surface area contributed by atoms with Gasteiger partial charge < -0.3 is 19.6 Å². The van der Waals surface area contributed by atoms with Gasteiger partial charge in [0.1, 0.15) is 18.1 Å². The maximum atomic E-state index is 12.4. The van der Waals surface area contributed by atoms with Crippen molar-refractivity contribution in [2.75, 3.05) is 6.54 Å². The van der Waals surface area contributed by atoms with E-state index in [1.165, 1.54) is 0 Å². The Morgan fingerprint density at radius 1 is 1.14 bits per heavy atom. The molecule has 0 fully saturated rings. The van der Waals surface area contributed by atoms with Crippen molar-refractivity contribution in [3.8, 4) is 0 Å². The molecule has 0 saturated carbocycles. The van der Waals surface area contributed by atoms with Gasteiger partial charge in [-0.3, -0.25) is 9.59 Å². The second kappa shape index (κ2) is 9.21. The first-order valence-corrected chi connectivity index (χ1v) is 9.55. The van der Waals surface area contributed by atoms with Crippen molar-refractivity contribution in [1.29, 1.82) is 0 Å². The molecule has 0 aliphatic carbocycles. The van der Waals surface area contributed by atoms with Gasteiger partial charge in [-0.25, -0.2) is 4.98 Å². The van der Waals surface area contributed by atoms with Crippen molar-refractivity contribution >= 4 is 22.8 Å². The van der Waals surface area contributed by atoms with Crippen LogP contribution in [0.1, 0.15) is 31.9 Å². The van der Waals surface area contributed by atoms with Crippen molar-refractivity contribution in [2.45, 2.75) is 39.8 Å². The fourth-order valence-electron chi connectivity index (χ4n) is 2.95. The lowest BCUT2D eigenvalue weighted by Gasteiger charge is -2.10. The topological polar surface area (TPSA) is 89.2 Å². The number of benzene rings is 1. The number of nitrogens with one attached hydrogen (secondary N) is 2. The van der Waals surface area contributed by atoms with E-state index in [0.717, 1.165) is 23.3 Å². The van der Waals surface area contributed by atoms with E-state index in [1.54, 1.807) is 12.3 Å². The standard InChI is InChI=1S/C21H26N4O3/c1-15(2)21(27)22-11-5-10-19-24-17-8-3-4-9-18(17)25(19)14-20(26)23-13-16-7-6-12-28-16/h3-4,6-9,12,15H,5,10-11,13-14H2,1-2H3,(H,22,27)(H,23,26). The lowest BCUT2D eigenvalue weighted by Crippen LogP contribution is -2.29. The molecule has 0 saturated heterocycles. The molecule has 148 valence electrons. The van der Waals surface area contributed by atoms with E-state index in [2.05, 4.69) is 15.6 Å². The molecular formula is C21H26N4O3. The van der Waals surface area contributed by atoms with Gasteiger partial charge in [0.25, 0.3) is 0 Å². The molecule has 1 aromatic carbocycles. The van der Waals surface area contributed by atoms with E-state index in [1.807, 2.05) is 48.7 Å². The van der Waals surface area contributed by atoms with Crippen molar-refractivity contribution < 1.29 is 14.0 Å². The Hall–Kier alpha value is -3.09. The highest BCUT2D eigenvalue weighted by Gasteiger charge is 2.14. The van der Waals surface area contributed by atoms with Gasteiger partial charge in [-0.15, -0.1) is 0 Å². The predicted molar refractivity (Wildman–Crippen MR) is 106 cm³/mol. The fraction of sp³-hybridized carbons (Fsp3) is 0.381. The highest BCUT2D eigenvalue weighted by Crippen LogP contribution is 2.17. The zero-order chi connectivity index (χ0) is 19.9. The van der Waals surface area contributed by atoms with Crippen LogP contribution in [0, 0.1) is 5.92 Å². The van der Waals surface area contributed by atoms with Crippen LogP contribution in [0.25, 0.3) is 11.0 Å². The summed E-state index contributed by atoms with van der Waals surface area (Å²) in [4.78, 5) is 28.8. The SMILES string of the molecule is CC(C)C(=O)NCCCc1nc2ccccc2n1CC(=O)NCc1ccco1. The molecular weight excluding hydrogens is 356 g/mol. The molecule has 0 atom stereocenters. The average Bonchev–Trinajstić information content (AvgIpc) is 3.32. The quantitative estimate of drug-likeness (QED) is 0.557. The van der Waals surface area contributed by atoms with Gasteiger partial charge in [0, 0.05) is 18.9 Å². The van der Waals surface area contributed by atoms with Gasteiger partial charge in [-0.05, 0) is 30.7 Å². The number of imidazole rings is 1. The molecule has 2 aromatic heterocycles. The molecule has 2 heterocycles. The fourth-order valence-corrected chi connectivity index (χ4v) is 2.95. The summed E-state index contributed by atoms with van der Waals surface area (Å²) in [6, 6.07) is 11.4. The molecule has 0 bridgehead atoms. The summed E-state index contributed by atoms with van der Waals surface area (Å²) >= 11 is 0. The number of rotatable bonds is 9. The number of carbonyl (C=O) groups is 2. The third-order valence-electron chi connectivity index (χ3n) is 4.48. The van der Waals surface area contributed by atoms with Gasteiger partial charge in [0.2, 0.25) is 11.8 Å². The number of carbonyl (C=O) groups excluding carboxylic acids is 2. The molecule has 7 heteroatoms. The van der Waals surface area contributed by atoms with Gasteiger partial charge in [-0.1, -0.05) is 26.0 Å². The molecule has 3 aromatic rings. The minimum atomic E-state index is -0.103. The normalized spacial score (nSPS) is 11.1. The van der Waals surface area contributed by atoms with Crippen LogP contribution in [0.4, 0.5) is 0 Å². The van der Waals surface area contributed by atoms with E-state index in [0.29, 0.717) is 25.3 Å². The minimum Gasteiger partial charge on any atom is -0.467 e. The number of aryl methyl sites for hydroxylation is 1. The number of hydrogen-bond donors (Lipinski definition) is 2. The summed E-state index contributed by atoms with van der Waals surface area (Å²) in [7, 11) is 0. The zero-order valence-electron chi connectivity index (χ0n) is 16.3. The summed E-state index contributed by atoms with van der Waals surface area (Å²) in [5.74, 6) is 1.47. The first-order chi connectivity index (χ1) is 13.5. The van der Waals surface area contributed by atoms with E-state index >= 15 is 0 Å². The average molecular weight is 382 g/mol. The van der Waals surface area contributed by atoms with Crippen LogP contribution in [0.5, 0.6) is 0 Å². The van der Waals surface area contributed by atoms with Crippen LogP contribution in [-0.4, -0.2) is 27.9 Å². The Bertz CT molecular complexity index is 928. The Kier molecular flexibility index (Phi) is 6.47. The highest BCUT2D eigenvalue weighted by molar-refractivity contribution is 5.81. The van der Waals surface area contributed by atoms with E-state index in [4.69, 9.17) is 4.42 Å². The zero-order valence-corrected chi connectivity index (χ0v) is 16.3. The van der Waals surface area contributed by atoms with E-state index in [-0.39, 0.29) is 24.3 Å². The van der Waals surface area contributed by atoms with Crippen molar-refractivity contribution in [1.82, 2.24) is 20.2 Å². The highest BCUT2D eigenvalue weighted by atomic mass is 16.3. The van der Waals surface area contributed by atoms with Gasteiger partial charge >= 0.3 is 0 Å². The van der Waals surface area contributed by atoms with Crippen LogP contribution >= 0.6 is 0 Å². The third kappa shape index (κ3) is 5.00. The van der Waals surface area contributed by atoms with Crippen molar-refractivity contribution in [3.63, 3.8) is 0 Å². The summed E-state index contributed by atoms with van der Waals surface area (Å²) in [6.07, 6.45) is 3.02. The molecule has 2 N–H and O–H groups in total. The second-order valence-corrected chi connectivity index (χ2v) is 7.01. The predicted octanol–water partition coefficient (Wildman–Crippen LogP) is 2.65. The summed E-state index contributed by atoms with van der Waals surface area (Å²) < 4.78 is 7.19. The van der Waals surface area contributed by atoms with Gasteiger partial charge in [0.15, 0.2) is 0 Å². The molecule has 7 nitrogen and oxygen atoms in total. The molecule has 2 amide bonds. The van der Waals surface area contributed by atoms with Gasteiger partial charge in [0.05, 0.1) is 23.8 Å². The molecule has 0 unspecified atom stereocenters. The lowest BCUT2D eigenvalue weighted by atomic mass is 10.2. The molecule has 0 spiro atoms. The van der Waals surface area contributed by atoms with Crippen molar-refractivity contribution in [3.05, 3.63) is 54.2 Å². The maximum absolute atomic E-state index is 12.4. The number of furan rings is 1. The third-order valence-corrected chi connectivity index (χ3v) is 4.48. The monoisotopic (exact) mass is 382 g/mol. The number of fused-ring (bicyclic) bond motifs is 1. The van der Waals surface area contributed by atoms with Crippen LogP contribution in [0.3, 0.4) is 0 Å². The first kappa shape index (κ1) is 19.7. The minimum absolute atomic E-state index is 0.0255. The smallest absolute Gasteiger partial charge is 0.240 e. The number of para-hydroxylation sites is 2. The Balaban J connectivity index is 1.64. The lowest BCUT2D eigenvalue weighted by molar-refractivity contribution is -0.124. The molecule has 0 radical (unpaired) electrons. The largest absolute Gasteiger partial charge is 0.467 e. The number of nitrogens with zero attached hydrogens (tertiary/aromatic N) is 2. The number of hydrogen-bond acceptors (Lipinski definition) is 4. The molecule has 0 aliphatic rings. The summed E-state index contributed by atoms with van der Waals surface area (Å²) in [5, 5.41) is 5.79. The Morgan fingerprint density at radius 3 is 2.71 bits per heavy atom. The Labute approximate surface area is 164 Å². The van der Waals surface area contributed by atoms with Crippen LogP contribution in [0.15, 0.2) is 47.1 Å². The first-order valence-electron chi connectivity index (χ1n) is 9.55. The second-order valence-electron chi connectivity index (χ2n) is 7.01. The number of aromatic nitrogens is 2. The van der Waals surface area contributed by atoms with Crippen LogP contribution < -0.4 is 10.6 Å². The van der Waals surface area contributed by atoms with Crippen LogP contribution in [0.2, 0.25) is 0 Å². The Morgan fingerprint density at radius 2 is 1.96 bits per heavy atom. The summed E-state index contributed by atoms with van der Waals surface area (Å²) in [6.45, 7) is 4.88. The summed E-state index contributed by atoms with van der Waals surface area (Å²) in [5.41, 5.74) is 1.79. The molecule has 3 rings (SSSR count). The number of amides is 2. The van der Waals surface area contributed by atoms with E-state index < -0.39 is 0 Å².